The van der Waals surface area contributed by atoms with E-state index in [-0.39, 0.29) is 22.8 Å². The summed E-state index contributed by atoms with van der Waals surface area (Å²) in [4.78, 5) is 41.2. The molecule has 64 heavy (non-hydrogen) atoms. The number of nitro benzene ring substituents is 1. The molecule has 1 atom stereocenters. The topological polar surface area (TPSA) is 184 Å². The highest BCUT2D eigenvalue weighted by atomic mass is 35.5. The summed E-state index contributed by atoms with van der Waals surface area (Å²) in [6.07, 6.45) is 6.38. The standard InChI is InChI=1S/C46H51ClN10O6S/c1-46(2)14-12-32(38(25-46)30-4-6-33(47)7-5-30)28-54-16-18-55(19-17-54)34-8-10-37(41(23-34)56-42-22-31-13-15-48-44(31)51-40(42)27-50-56)45(58)52-64(61,62)36-9-11-39(43(24-36)57(59)60)49-26-35-29-53(3)20-21-63-35/h4-11,13,15,22-24,27,35,49-50H,12,14,16-21,25-26,28-29H2,1-3H3,(H,52,58)/t35-/m1/s1. The molecular weight excluding hydrogens is 856 g/mol. The lowest BCUT2D eigenvalue weighted by Crippen LogP contribution is -2.47. The van der Waals surface area contributed by atoms with Gasteiger partial charge in [-0.05, 0) is 97.5 Å². The average Bonchev–Trinajstić information content (AvgIpc) is 3.92. The molecule has 3 aromatic carbocycles. The van der Waals surface area contributed by atoms with Crippen molar-refractivity contribution >= 4 is 72.2 Å². The summed E-state index contributed by atoms with van der Waals surface area (Å²) >= 11 is 6.26. The first-order chi connectivity index (χ1) is 30.7. The van der Waals surface area contributed by atoms with Gasteiger partial charge in [-0.1, -0.05) is 43.2 Å². The molecule has 5 heterocycles. The number of carbonyl (C=O) groups excluding carboxylic acids is 1. The van der Waals surface area contributed by atoms with Gasteiger partial charge in [0.25, 0.3) is 21.6 Å². The number of hydrogen-bond donors (Lipinski definition) is 3. The Morgan fingerprint density at radius 3 is 2.59 bits per heavy atom. The molecule has 2 saturated heterocycles. The Hall–Kier alpha value is -5.85. The lowest BCUT2D eigenvalue weighted by molar-refractivity contribution is -0.384. The van der Waals surface area contributed by atoms with Crippen molar-refractivity contribution in [3.05, 3.63) is 117 Å². The summed E-state index contributed by atoms with van der Waals surface area (Å²) in [5.74, 6) is -0.908. The number of anilines is 2. The number of benzene rings is 3. The lowest BCUT2D eigenvalue weighted by atomic mass is 9.72. The van der Waals surface area contributed by atoms with Gasteiger partial charge in [0.2, 0.25) is 0 Å². The summed E-state index contributed by atoms with van der Waals surface area (Å²) in [6.45, 7) is 11.0. The van der Waals surface area contributed by atoms with Gasteiger partial charge in [0.1, 0.15) is 11.2 Å². The molecular formula is C46H51ClN10O6S. The fraction of sp³-hybridized carbons (Fsp3) is 0.370. The number of aromatic nitrogens is 4. The molecule has 1 amide bonds. The number of H-pyrrole nitrogens is 1. The molecule has 3 aliphatic rings. The Labute approximate surface area is 376 Å². The molecule has 0 bridgehead atoms. The number of ether oxygens (including phenoxy) is 1. The van der Waals surface area contributed by atoms with Gasteiger partial charge in [-0.3, -0.25) is 29.6 Å². The number of fused-ring (bicyclic) bond motifs is 2. The van der Waals surface area contributed by atoms with E-state index in [1.807, 2.05) is 43.4 Å². The Bertz CT molecular complexity index is 2890. The van der Waals surface area contributed by atoms with Crippen molar-refractivity contribution in [2.75, 3.05) is 76.2 Å². The first kappa shape index (κ1) is 43.4. The Kier molecular flexibility index (Phi) is 11.9. The zero-order chi connectivity index (χ0) is 44.8. The predicted molar refractivity (Wildman–Crippen MR) is 249 cm³/mol. The Balaban J connectivity index is 0.972. The number of allylic oxidation sites excluding steroid dienone is 1. The number of piperazine rings is 1. The number of carbonyl (C=O) groups is 1. The van der Waals surface area contributed by atoms with Crippen LogP contribution in [-0.4, -0.2) is 121 Å². The van der Waals surface area contributed by atoms with E-state index >= 15 is 0 Å². The van der Waals surface area contributed by atoms with Gasteiger partial charge in [-0.15, -0.1) is 0 Å². The van der Waals surface area contributed by atoms with Crippen LogP contribution >= 0.6 is 11.6 Å². The van der Waals surface area contributed by atoms with E-state index in [2.05, 4.69) is 65.8 Å². The number of sulfonamides is 1. The molecule has 6 aromatic rings. The van der Waals surface area contributed by atoms with Crippen molar-refractivity contribution in [3.8, 4) is 5.69 Å². The second-order valence-corrected chi connectivity index (χ2v) is 19.9. The van der Waals surface area contributed by atoms with Gasteiger partial charge >= 0.3 is 0 Å². The number of morpholine rings is 1. The largest absolute Gasteiger partial charge is 0.377 e. The van der Waals surface area contributed by atoms with Crippen LogP contribution in [0.1, 0.15) is 49.0 Å². The normalized spacial score (nSPS) is 18.8. The van der Waals surface area contributed by atoms with Crippen molar-refractivity contribution in [1.29, 1.82) is 0 Å². The average molecular weight is 907 g/mol. The number of nitrogens with zero attached hydrogens (tertiary/aromatic N) is 7. The summed E-state index contributed by atoms with van der Waals surface area (Å²) in [5, 5.41) is 20.0. The molecule has 0 radical (unpaired) electrons. The monoisotopic (exact) mass is 906 g/mol. The molecule has 1 aliphatic carbocycles. The molecule has 9 rings (SSSR count). The zero-order valence-electron chi connectivity index (χ0n) is 36.0. The van der Waals surface area contributed by atoms with Gasteiger partial charge < -0.3 is 19.9 Å². The van der Waals surface area contributed by atoms with E-state index in [9.17, 15) is 23.3 Å². The lowest BCUT2D eigenvalue weighted by Gasteiger charge is -2.39. The highest BCUT2D eigenvalue weighted by Gasteiger charge is 2.31. The minimum Gasteiger partial charge on any atom is -0.377 e. The van der Waals surface area contributed by atoms with Crippen LogP contribution in [0, 0.1) is 15.5 Å². The minimum absolute atomic E-state index is 0.0626. The number of nitrogens with one attached hydrogen (secondary N) is 3. The molecule has 0 spiro atoms. The van der Waals surface area contributed by atoms with Gasteiger partial charge in [-0.25, -0.2) is 23.1 Å². The van der Waals surface area contributed by atoms with Gasteiger partial charge in [0.05, 0.1) is 39.3 Å². The maximum atomic E-state index is 14.2. The molecule has 0 unspecified atom stereocenters. The first-order valence-corrected chi connectivity index (χ1v) is 23.4. The van der Waals surface area contributed by atoms with E-state index in [1.54, 1.807) is 23.1 Å². The van der Waals surface area contributed by atoms with Gasteiger partial charge in [0, 0.05) is 86.9 Å². The third kappa shape index (κ3) is 9.21. The third-order valence-corrected chi connectivity index (χ3v) is 14.2. The smallest absolute Gasteiger partial charge is 0.293 e. The van der Waals surface area contributed by atoms with Crippen LogP contribution in [0.2, 0.25) is 5.02 Å². The first-order valence-electron chi connectivity index (χ1n) is 21.5. The quantitative estimate of drug-likeness (QED) is 0.0837. The predicted octanol–water partition coefficient (Wildman–Crippen LogP) is 7.11. The van der Waals surface area contributed by atoms with Gasteiger partial charge in [0.15, 0.2) is 5.65 Å². The molecule has 18 heteroatoms. The van der Waals surface area contributed by atoms with Crippen molar-refractivity contribution in [2.24, 2.45) is 5.41 Å². The molecule has 0 saturated carbocycles. The maximum Gasteiger partial charge on any atom is 0.293 e. The molecule has 16 nitrogen and oxygen atoms in total. The molecule has 2 fully saturated rings. The van der Waals surface area contributed by atoms with Crippen LogP contribution in [0.15, 0.2) is 95.7 Å². The molecule has 334 valence electrons. The molecule has 3 aromatic heterocycles. The second kappa shape index (κ2) is 17.6. The van der Waals surface area contributed by atoms with Crippen LogP contribution in [0.4, 0.5) is 17.1 Å². The number of nitro groups is 1. The van der Waals surface area contributed by atoms with E-state index in [0.29, 0.717) is 42.1 Å². The van der Waals surface area contributed by atoms with Crippen LogP contribution in [-0.2, 0) is 14.8 Å². The van der Waals surface area contributed by atoms with Crippen LogP contribution in [0.5, 0.6) is 0 Å². The van der Waals surface area contributed by atoms with E-state index in [0.717, 1.165) is 80.7 Å². The fourth-order valence-corrected chi connectivity index (χ4v) is 10.1. The summed E-state index contributed by atoms with van der Waals surface area (Å²) < 4.78 is 37.4. The van der Waals surface area contributed by atoms with E-state index < -0.39 is 31.4 Å². The second-order valence-electron chi connectivity index (χ2n) is 17.8. The highest BCUT2D eigenvalue weighted by molar-refractivity contribution is 7.90. The highest BCUT2D eigenvalue weighted by Crippen LogP contribution is 2.43. The number of amides is 1. The fourth-order valence-electron chi connectivity index (χ4n) is 9.04. The Morgan fingerprint density at radius 1 is 1.03 bits per heavy atom. The van der Waals surface area contributed by atoms with Crippen molar-refractivity contribution in [2.45, 2.75) is 44.1 Å². The Morgan fingerprint density at radius 2 is 1.83 bits per heavy atom. The third-order valence-electron chi connectivity index (χ3n) is 12.6. The number of rotatable bonds is 12. The van der Waals surface area contributed by atoms with E-state index in [1.165, 1.54) is 28.8 Å². The number of aromatic amines is 1. The van der Waals surface area contributed by atoms with Crippen molar-refractivity contribution in [1.82, 2.24) is 34.3 Å². The van der Waals surface area contributed by atoms with Crippen LogP contribution < -0.4 is 14.9 Å². The number of pyridine rings is 1. The number of likely N-dealkylation sites (N-methyl/N-ethyl adjacent to an activating group) is 1. The number of halogens is 1. The minimum atomic E-state index is -4.58. The summed E-state index contributed by atoms with van der Waals surface area (Å²) in [5.41, 5.74) is 7.19. The SMILES string of the molecule is CN1CCO[C@H](CNc2ccc(S(=O)(=O)NC(=O)c3ccc(N4CCN(CC5=C(c6ccc(Cl)cc6)CC(C)(C)CC5)CC4)cc3-n3[nH]cc4nc5nccc5cc43)cc2[N+](=O)[O-])C1. The summed E-state index contributed by atoms with van der Waals surface area (Å²) in [6, 6.07) is 20.8. The number of hydrogen-bond acceptors (Lipinski definition) is 12. The van der Waals surface area contributed by atoms with Crippen molar-refractivity contribution < 1.29 is 22.9 Å². The summed E-state index contributed by atoms with van der Waals surface area (Å²) in [7, 11) is -2.61. The van der Waals surface area contributed by atoms with Gasteiger partial charge in [-0.2, -0.15) is 0 Å². The molecule has 2 aliphatic heterocycles. The molecule has 3 N–H and O–H groups in total. The maximum absolute atomic E-state index is 14.2. The zero-order valence-corrected chi connectivity index (χ0v) is 37.6. The van der Waals surface area contributed by atoms with Crippen LogP contribution in [0.3, 0.4) is 0 Å². The van der Waals surface area contributed by atoms with E-state index in [4.69, 9.17) is 16.3 Å². The van der Waals surface area contributed by atoms with Crippen LogP contribution in [0.25, 0.3) is 33.3 Å². The van der Waals surface area contributed by atoms with Crippen molar-refractivity contribution in [3.63, 3.8) is 0 Å².